The molecule has 2 aromatic rings. The SMILES string of the molecule is O=C(O)c1cc(N2C(=O)CC(Nc3ccc(Cl)c(Cl)c3)C2=O)ccc1O. The average Bonchev–Trinajstić information content (AvgIpc) is 2.85. The van der Waals surface area contributed by atoms with E-state index >= 15 is 0 Å². The monoisotopic (exact) mass is 394 g/mol. The third-order valence-corrected chi connectivity index (χ3v) is 4.61. The standard InChI is InChI=1S/C17H12Cl2N2O5/c18-11-3-1-8(5-12(11)19)20-13-7-15(23)21(16(13)24)9-2-4-14(22)10(6-9)17(25)26/h1-6,13,20,22H,7H2,(H,25,26). The number of hydrogen-bond donors (Lipinski definition) is 3. The molecule has 0 saturated carbocycles. The second-order valence-corrected chi connectivity index (χ2v) is 6.42. The van der Waals surface area contributed by atoms with E-state index in [1.54, 1.807) is 12.1 Å². The molecule has 1 fully saturated rings. The lowest BCUT2D eigenvalue weighted by Gasteiger charge is -2.17. The molecule has 0 spiro atoms. The molecule has 3 N–H and O–H groups in total. The van der Waals surface area contributed by atoms with Crippen molar-refractivity contribution in [2.75, 3.05) is 10.2 Å². The van der Waals surface area contributed by atoms with Crippen molar-refractivity contribution in [1.29, 1.82) is 0 Å². The number of carboxylic acid groups (broad SMARTS) is 1. The number of carbonyl (C=O) groups is 3. The first kappa shape index (κ1) is 18.0. The topological polar surface area (TPSA) is 107 Å². The Bertz CT molecular complexity index is 931. The number of imide groups is 1. The first-order valence-electron chi connectivity index (χ1n) is 7.42. The molecule has 1 unspecified atom stereocenters. The second kappa shape index (κ2) is 6.86. The molecule has 0 bridgehead atoms. The molecule has 0 aliphatic carbocycles. The number of hydrogen-bond acceptors (Lipinski definition) is 5. The van der Waals surface area contributed by atoms with Crippen molar-refractivity contribution < 1.29 is 24.6 Å². The van der Waals surface area contributed by atoms with E-state index in [1.807, 2.05) is 0 Å². The Kier molecular flexibility index (Phi) is 4.76. The summed E-state index contributed by atoms with van der Waals surface area (Å²) in [5, 5.41) is 22.2. The Labute approximate surface area is 157 Å². The summed E-state index contributed by atoms with van der Waals surface area (Å²) in [6.45, 7) is 0. The maximum Gasteiger partial charge on any atom is 0.339 e. The van der Waals surface area contributed by atoms with Crippen LogP contribution in [0.25, 0.3) is 0 Å². The van der Waals surface area contributed by atoms with Crippen LogP contribution in [0.2, 0.25) is 10.0 Å². The maximum atomic E-state index is 12.6. The molecule has 134 valence electrons. The quantitative estimate of drug-likeness (QED) is 0.687. The summed E-state index contributed by atoms with van der Waals surface area (Å²) in [6.07, 6.45) is -0.109. The minimum atomic E-state index is -1.37. The first-order chi connectivity index (χ1) is 12.3. The smallest absolute Gasteiger partial charge is 0.339 e. The Hall–Kier alpha value is -2.77. The molecule has 26 heavy (non-hydrogen) atoms. The van der Waals surface area contributed by atoms with Gasteiger partial charge in [0.15, 0.2) is 0 Å². The largest absolute Gasteiger partial charge is 0.507 e. The van der Waals surface area contributed by atoms with Gasteiger partial charge >= 0.3 is 5.97 Å². The molecule has 1 aliphatic rings. The van der Waals surface area contributed by atoms with Gasteiger partial charge in [0.05, 0.1) is 22.2 Å². The van der Waals surface area contributed by atoms with Gasteiger partial charge in [0.1, 0.15) is 17.4 Å². The van der Waals surface area contributed by atoms with Crippen LogP contribution < -0.4 is 10.2 Å². The van der Waals surface area contributed by atoms with Crippen LogP contribution in [-0.4, -0.2) is 34.0 Å². The van der Waals surface area contributed by atoms with Crippen molar-refractivity contribution in [2.45, 2.75) is 12.5 Å². The second-order valence-electron chi connectivity index (χ2n) is 5.60. The zero-order valence-electron chi connectivity index (χ0n) is 13.1. The lowest BCUT2D eigenvalue weighted by Crippen LogP contribution is -2.34. The van der Waals surface area contributed by atoms with E-state index in [0.29, 0.717) is 15.7 Å². The fourth-order valence-corrected chi connectivity index (χ4v) is 2.94. The molecule has 2 amide bonds. The Morgan fingerprint density at radius 3 is 2.50 bits per heavy atom. The van der Waals surface area contributed by atoms with Gasteiger partial charge in [0.25, 0.3) is 5.91 Å². The number of amides is 2. The Morgan fingerprint density at radius 2 is 1.85 bits per heavy atom. The van der Waals surface area contributed by atoms with Crippen molar-refractivity contribution in [1.82, 2.24) is 0 Å². The molecule has 2 aromatic carbocycles. The lowest BCUT2D eigenvalue weighted by molar-refractivity contribution is -0.121. The number of nitrogens with one attached hydrogen (secondary N) is 1. The van der Waals surface area contributed by atoms with Crippen LogP contribution in [0.4, 0.5) is 11.4 Å². The van der Waals surface area contributed by atoms with Crippen molar-refractivity contribution in [2.24, 2.45) is 0 Å². The number of rotatable bonds is 4. The van der Waals surface area contributed by atoms with Crippen molar-refractivity contribution in [3.05, 3.63) is 52.0 Å². The summed E-state index contributed by atoms with van der Waals surface area (Å²) in [5.41, 5.74) is 0.196. The van der Waals surface area contributed by atoms with Gasteiger partial charge in [-0.1, -0.05) is 23.2 Å². The third kappa shape index (κ3) is 3.31. The summed E-state index contributed by atoms with van der Waals surface area (Å²) in [6, 6.07) is 7.39. The molecular weight excluding hydrogens is 383 g/mol. The van der Waals surface area contributed by atoms with Crippen molar-refractivity contribution >= 4 is 52.4 Å². The van der Waals surface area contributed by atoms with Gasteiger partial charge in [-0.15, -0.1) is 0 Å². The van der Waals surface area contributed by atoms with Gasteiger partial charge < -0.3 is 15.5 Å². The van der Waals surface area contributed by atoms with Gasteiger partial charge in [-0.05, 0) is 36.4 Å². The van der Waals surface area contributed by atoms with Gasteiger partial charge in [0.2, 0.25) is 5.91 Å². The van der Waals surface area contributed by atoms with E-state index in [4.69, 9.17) is 28.3 Å². The van der Waals surface area contributed by atoms with Crippen LogP contribution in [0, 0.1) is 0 Å². The summed E-state index contributed by atoms with van der Waals surface area (Å²) in [4.78, 5) is 36.9. The van der Waals surface area contributed by atoms with Crippen LogP contribution in [0.1, 0.15) is 16.8 Å². The van der Waals surface area contributed by atoms with Crippen LogP contribution in [-0.2, 0) is 9.59 Å². The van der Waals surface area contributed by atoms with Crippen molar-refractivity contribution in [3.63, 3.8) is 0 Å². The van der Waals surface area contributed by atoms with E-state index in [0.717, 1.165) is 17.0 Å². The molecule has 9 heteroatoms. The number of aromatic carboxylic acids is 1. The molecule has 1 saturated heterocycles. The third-order valence-electron chi connectivity index (χ3n) is 3.88. The zero-order chi connectivity index (χ0) is 19.0. The molecule has 1 aliphatic heterocycles. The highest BCUT2D eigenvalue weighted by atomic mass is 35.5. The van der Waals surface area contributed by atoms with E-state index in [2.05, 4.69) is 5.32 Å². The Morgan fingerprint density at radius 1 is 1.12 bits per heavy atom. The van der Waals surface area contributed by atoms with Gasteiger partial charge in [0, 0.05) is 5.69 Å². The highest BCUT2D eigenvalue weighted by molar-refractivity contribution is 6.42. The summed E-state index contributed by atoms with van der Waals surface area (Å²) >= 11 is 11.8. The van der Waals surface area contributed by atoms with E-state index < -0.39 is 35.1 Å². The number of carboxylic acids is 1. The van der Waals surface area contributed by atoms with E-state index in [-0.39, 0.29) is 12.1 Å². The average molecular weight is 395 g/mol. The number of benzene rings is 2. The highest BCUT2D eigenvalue weighted by Crippen LogP contribution is 2.30. The molecular formula is C17H12Cl2N2O5. The fraction of sp³-hybridized carbons (Fsp3) is 0.118. The fourth-order valence-electron chi connectivity index (χ4n) is 2.64. The van der Waals surface area contributed by atoms with E-state index in [1.165, 1.54) is 12.1 Å². The summed E-state index contributed by atoms with van der Waals surface area (Å²) < 4.78 is 0. The molecule has 1 heterocycles. The predicted octanol–water partition coefficient (Wildman–Crippen LogP) is 3.14. The highest BCUT2D eigenvalue weighted by Gasteiger charge is 2.40. The number of nitrogens with zero attached hydrogens (tertiary/aromatic N) is 1. The number of phenols is 1. The Balaban J connectivity index is 1.86. The van der Waals surface area contributed by atoms with E-state index in [9.17, 15) is 19.5 Å². The van der Waals surface area contributed by atoms with Crippen LogP contribution in [0.3, 0.4) is 0 Å². The summed E-state index contributed by atoms with van der Waals surface area (Å²) in [7, 11) is 0. The minimum Gasteiger partial charge on any atom is -0.507 e. The number of anilines is 2. The van der Waals surface area contributed by atoms with Crippen LogP contribution in [0.5, 0.6) is 5.75 Å². The van der Waals surface area contributed by atoms with Crippen molar-refractivity contribution in [3.8, 4) is 5.75 Å². The molecule has 0 radical (unpaired) electrons. The molecule has 3 rings (SSSR count). The minimum absolute atomic E-state index is 0.0774. The van der Waals surface area contributed by atoms with Gasteiger partial charge in [-0.3, -0.25) is 9.59 Å². The molecule has 0 aromatic heterocycles. The lowest BCUT2D eigenvalue weighted by atomic mass is 10.1. The summed E-state index contributed by atoms with van der Waals surface area (Å²) in [5.74, 6) is -2.85. The van der Waals surface area contributed by atoms with Gasteiger partial charge in [-0.2, -0.15) is 0 Å². The van der Waals surface area contributed by atoms with Crippen LogP contribution in [0.15, 0.2) is 36.4 Å². The normalized spacial score (nSPS) is 16.8. The number of carbonyl (C=O) groups excluding carboxylic acids is 2. The first-order valence-corrected chi connectivity index (χ1v) is 8.18. The zero-order valence-corrected chi connectivity index (χ0v) is 14.6. The van der Waals surface area contributed by atoms with Crippen LogP contribution >= 0.6 is 23.2 Å². The maximum absolute atomic E-state index is 12.6. The van der Waals surface area contributed by atoms with Gasteiger partial charge in [-0.25, -0.2) is 9.69 Å². The predicted molar refractivity (Wildman–Crippen MR) is 96.0 cm³/mol. The number of aromatic hydroxyl groups is 1. The number of halogens is 2. The molecule has 7 nitrogen and oxygen atoms in total. The molecule has 1 atom stereocenters.